The second-order valence-electron chi connectivity index (χ2n) is 3.17. The molecule has 0 aromatic heterocycles. The van der Waals surface area contributed by atoms with Crippen LogP contribution in [0.2, 0.25) is 0 Å². The molecule has 1 rings (SSSR count). The molecule has 4 heteroatoms. The summed E-state index contributed by atoms with van der Waals surface area (Å²) in [5, 5.41) is 2.88. The van der Waals surface area contributed by atoms with Gasteiger partial charge in [0.15, 0.2) is 0 Å². The maximum absolute atomic E-state index is 11.1. The minimum atomic E-state index is 0.0127. The number of amides is 1. The number of carbonyl (C=O) groups is 1. The Morgan fingerprint density at radius 3 is 3.15 bits per heavy atom. The third-order valence-electron chi connectivity index (χ3n) is 2.05. The molecule has 1 atom stereocenters. The van der Waals surface area contributed by atoms with E-state index in [4.69, 9.17) is 4.74 Å². The Labute approximate surface area is 83.6 Å². The number of ether oxygens (including phenoxy) is 1. The molecule has 1 saturated heterocycles. The van der Waals surface area contributed by atoms with Gasteiger partial charge in [-0.05, 0) is 30.8 Å². The Morgan fingerprint density at radius 2 is 2.54 bits per heavy atom. The number of hydrogen-bond donors (Lipinski definition) is 1. The first-order chi connectivity index (χ1) is 6.33. The van der Waals surface area contributed by atoms with Gasteiger partial charge in [-0.15, -0.1) is 0 Å². The standard InChI is InChI=1S/C9H17NO2S/c1-2-12-6-9(11)10-5-8-3-4-13-7-8/h8H,2-7H2,1H3,(H,10,11). The van der Waals surface area contributed by atoms with Crippen molar-refractivity contribution in [2.24, 2.45) is 5.92 Å². The van der Waals surface area contributed by atoms with E-state index in [0.29, 0.717) is 12.5 Å². The van der Waals surface area contributed by atoms with Crippen molar-refractivity contribution in [3.05, 3.63) is 0 Å². The lowest BCUT2D eigenvalue weighted by Gasteiger charge is -2.09. The van der Waals surface area contributed by atoms with Gasteiger partial charge in [0, 0.05) is 13.2 Å². The van der Waals surface area contributed by atoms with Crippen molar-refractivity contribution < 1.29 is 9.53 Å². The lowest BCUT2D eigenvalue weighted by molar-refractivity contribution is -0.125. The summed E-state index contributed by atoms with van der Waals surface area (Å²) in [6, 6.07) is 0. The predicted molar refractivity (Wildman–Crippen MR) is 54.9 cm³/mol. The monoisotopic (exact) mass is 203 g/mol. The van der Waals surface area contributed by atoms with Crippen LogP contribution in [-0.4, -0.2) is 37.2 Å². The van der Waals surface area contributed by atoms with E-state index in [1.165, 1.54) is 17.9 Å². The maximum atomic E-state index is 11.1. The Morgan fingerprint density at radius 1 is 1.69 bits per heavy atom. The highest BCUT2D eigenvalue weighted by atomic mass is 32.2. The molecule has 0 saturated carbocycles. The summed E-state index contributed by atoms with van der Waals surface area (Å²) in [7, 11) is 0. The lowest BCUT2D eigenvalue weighted by Crippen LogP contribution is -2.32. The fourth-order valence-corrected chi connectivity index (χ4v) is 2.53. The van der Waals surface area contributed by atoms with Gasteiger partial charge >= 0.3 is 0 Å². The Hall–Kier alpha value is -0.220. The van der Waals surface area contributed by atoms with Gasteiger partial charge in [0.1, 0.15) is 6.61 Å². The molecule has 13 heavy (non-hydrogen) atoms. The molecule has 1 aliphatic heterocycles. The van der Waals surface area contributed by atoms with Crippen LogP contribution in [0.5, 0.6) is 0 Å². The minimum absolute atomic E-state index is 0.0127. The Kier molecular flexibility index (Phi) is 5.23. The molecule has 1 N–H and O–H groups in total. The van der Waals surface area contributed by atoms with E-state index < -0.39 is 0 Å². The molecule has 0 aromatic rings. The molecular formula is C9H17NO2S. The van der Waals surface area contributed by atoms with Crippen molar-refractivity contribution >= 4 is 17.7 Å². The summed E-state index contributed by atoms with van der Waals surface area (Å²) < 4.78 is 4.99. The first-order valence-electron chi connectivity index (χ1n) is 4.75. The van der Waals surface area contributed by atoms with Crippen molar-refractivity contribution in [3.8, 4) is 0 Å². The topological polar surface area (TPSA) is 38.3 Å². The molecule has 0 spiro atoms. The third kappa shape index (κ3) is 4.52. The van der Waals surface area contributed by atoms with Crippen LogP contribution in [-0.2, 0) is 9.53 Å². The first kappa shape index (κ1) is 10.9. The van der Waals surface area contributed by atoms with Crippen LogP contribution in [0.1, 0.15) is 13.3 Å². The van der Waals surface area contributed by atoms with Gasteiger partial charge in [0.25, 0.3) is 0 Å². The van der Waals surface area contributed by atoms with Crippen LogP contribution in [0.4, 0.5) is 0 Å². The molecule has 1 fully saturated rings. The average molecular weight is 203 g/mol. The van der Waals surface area contributed by atoms with Crippen molar-refractivity contribution in [1.29, 1.82) is 0 Å². The Bertz CT molecular complexity index is 158. The number of nitrogens with one attached hydrogen (secondary N) is 1. The van der Waals surface area contributed by atoms with E-state index in [0.717, 1.165) is 6.54 Å². The largest absolute Gasteiger partial charge is 0.372 e. The van der Waals surface area contributed by atoms with E-state index >= 15 is 0 Å². The highest BCUT2D eigenvalue weighted by Gasteiger charge is 2.15. The highest BCUT2D eigenvalue weighted by Crippen LogP contribution is 2.22. The fourth-order valence-electron chi connectivity index (χ4n) is 1.25. The lowest BCUT2D eigenvalue weighted by atomic mass is 10.1. The molecule has 1 amide bonds. The van der Waals surface area contributed by atoms with Crippen LogP contribution < -0.4 is 5.32 Å². The number of carbonyl (C=O) groups excluding carboxylic acids is 1. The Balaban J connectivity index is 2.00. The molecule has 1 heterocycles. The number of thioether (sulfide) groups is 1. The van der Waals surface area contributed by atoms with E-state index in [2.05, 4.69) is 5.32 Å². The highest BCUT2D eigenvalue weighted by molar-refractivity contribution is 7.99. The molecule has 1 unspecified atom stereocenters. The van der Waals surface area contributed by atoms with Crippen LogP contribution in [0, 0.1) is 5.92 Å². The average Bonchev–Trinajstić information content (AvgIpc) is 2.64. The number of hydrogen-bond acceptors (Lipinski definition) is 3. The summed E-state index contributed by atoms with van der Waals surface area (Å²) in [5.41, 5.74) is 0. The van der Waals surface area contributed by atoms with Crippen LogP contribution in [0.25, 0.3) is 0 Å². The van der Waals surface area contributed by atoms with Gasteiger partial charge in [0.2, 0.25) is 5.91 Å². The summed E-state index contributed by atoms with van der Waals surface area (Å²) in [4.78, 5) is 11.1. The summed E-state index contributed by atoms with van der Waals surface area (Å²) >= 11 is 1.97. The van der Waals surface area contributed by atoms with Crippen molar-refractivity contribution in [2.45, 2.75) is 13.3 Å². The first-order valence-corrected chi connectivity index (χ1v) is 5.90. The van der Waals surface area contributed by atoms with Crippen molar-refractivity contribution in [3.63, 3.8) is 0 Å². The summed E-state index contributed by atoms with van der Waals surface area (Å²) in [6.07, 6.45) is 1.24. The maximum Gasteiger partial charge on any atom is 0.246 e. The molecule has 0 aliphatic carbocycles. The zero-order valence-corrected chi connectivity index (χ0v) is 8.86. The molecular weight excluding hydrogens is 186 g/mol. The number of rotatable bonds is 5. The zero-order valence-electron chi connectivity index (χ0n) is 8.04. The van der Waals surface area contributed by atoms with Gasteiger partial charge in [-0.1, -0.05) is 0 Å². The van der Waals surface area contributed by atoms with Crippen LogP contribution >= 0.6 is 11.8 Å². The summed E-state index contributed by atoms with van der Waals surface area (Å²) in [5.74, 6) is 3.12. The molecule has 76 valence electrons. The van der Waals surface area contributed by atoms with Crippen LogP contribution in [0.15, 0.2) is 0 Å². The molecule has 0 radical (unpaired) electrons. The molecule has 0 bridgehead atoms. The van der Waals surface area contributed by atoms with E-state index in [1.54, 1.807) is 0 Å². The van der Waals surface area contributed by atoms with E-state index in [-0.39, 0.29) is 12.5 Å². The summed E-state index contributed by atoms with van der Waals surface area (Å²) in [6.45, 7) is 3.52. The van der Waals surface area contributed by atoms with E-state index in [1.807, 2.05) is 18.7 Å². The van der Waals surface area contributed by atoms with Gasteiger partial charge < -0.3 is 10.1 Å². The molecule has 0 aromatic carbocycles. The predicted octanol–water partition coefficient (Wildman–Crippen LogP) is 0.892. The molecule has 1 aliphatic rings. The third-order valence-corrected chi connectivity index (χ3v) is 3.28. The van der Waals surface area contributed by atoms with Crippen LogP contribution in [0.3, 0.4) is 0 Å². The minimum Gasteiger partial charge on any atom is -0.372 e. The normalized spacial score (nSPS) is 21.8. The SMILES string of the molecule is CCOCC(=O)NCC1CCSC1. The zero-order chi connectivity index (χ0) is 9.52. The molecule has 3 nitrogen and oxygen atoms in total. The van der Waals surface area contributed by atoms with Crippen molar-refractivity contribution in [2.75, 3.05) is 31.3 Å². The quantitative estimate of drug-likeness (QED) is 0.721. The van der Waals surface area contributed by atoms with Gasteiger partial charge in [-0.25, -0.2) is 0 Å². The van der Waals surface area contributed by atoms with Crippen molar-refractivity contribution in [1.82, 2.24) is 5.32 Å². The van der Waals surface area contributed by atoms with E-state index in [9.17, 15) is 4.79 Å². The van der Waals surface area contributed by atoms with Gasteiger partial charge in [0.05, 0.1) is 0 Å². The smallest absolute Gasteiger partial charge is 0.246 e. The second kappa shape index (κ2) is 6.27. The van der Waals surface area contributed by atoms with Gasteiger partial charge in [-0.3, -0.25) is 4.79 Å². The second-order valence-corrected chi connectivity index (χ2v) is 4.32. The van der Waals surface area contributed by atoms with Gasteiger partial charge in [-0.2, -0.15) is 11.8 Å². The fraction of sp³-hybridized carbons (Fsp3) is 0.889.